The quantitative estimate of drug-likeness (QED) is 0.748. The molecule has 7 heteroatoms. The third-order valence-corrected chi connectivity index (χ3v) is 2.05. The molecule has 0 aliphatic rings. The molecule has 13 heavy (non-hydrogen) atoms. The molecule has 0 aliphatic carbocycles. The van der Waals surface area contributed by atoms with E-state index in [4.69, 9.17) is 58.0 Å². The topological polar surface area (TPSA) is 34.1 Å². The number of hydrogen-bond donors (Lipinski definition) is 0. The van der Waals surface area contributed by atoms with Crippen molar-refractivity contribution in [1.82, 2.24) is 0 Å². The van der Waals surface area contributed by atoms with Crippen LogP contribution in [0.1, 0.15) is 6.92 Å². The summed E-state index contributed by atoms with van der Waals surface area (Å²) in [6.45, 7) is 1.34. The van der Waals surface area contributed by atoms with Gasteiger partial charge in [-0.2, -0.15) is 0 Å². The molecule has 0 aliphatic heterocycles. The van der Waals surface area contributed by atoms with E-state index in [0.29, 0.717) is 0 Å². The van der Waals surface area contributed by atoms with Crippen LogP contribution < -0.4 is 0 Å². The summed E-state index contributed by atoms with van der Waals surface area (Å²) in [4.78, 5) is 18.2. The molecule has 0 N–H and O–H groups in total. The molecule has 0 spiro atoms. The Kier molecular flexibility index (Phi) is 11.7. The zero-order valence-corrected chi connectivity index (χ0v) is 10.3. The van der Waals surface area contributed by atoms with Crippen LogP contribution >= 0.6 is 58.0 Å². The lowest BCUT2D eigenvalue weighted by atomic mass is 10.5. The molecule has 0 fully saturated rings. The van der Waals surface area contributed by atoms with Gasteiger partial charge in [0.15, 0.2) is 21.2 Å². The van der Waals surface area contributed by atoms with E-state index in [9.17, 15) is 9.59 Å². The number of halogens is 5. The highest BCUT2D eigenvalue weighted by Crippen LogP contribution is 2.02. The summed E-state index contributed by atoms with van der Waals surface area (Å²) in [5.41, 5.74) is 0. The second kappa shape index (κ2) is 9.35. The van der Waals surface area contributed by atoms with Crippen molar-refractivity contribution in [3.05, 3.63) is 0 Å². The lowest BCUT2D eigenvalue weighted by molar-refractivity contribution is -0.116. The summed E-state index contributed by atoms with van der Waals surface area (Å²) in [6, 6.07) is 0. The van der Waals surface area contributed by atoms with Crippen molar-refractivity contribution in [2.24, 2.45) is 0 Å². The Morgan fingerprint density at radius 3 is 1.38 bits per heavy atom. The molecule has 78 valence electrons. The molecule has 0 saturated carbocycles. The molecule has 0 saturated heterocycles. The molecular formula is C6H7Cl5O2. The minimum Gasteiger partial charge on any atom is -0.297 e. The van der Waals surface area contributed by atoms with Crippen LogP contribution in [0.2, 0.25) is 0 Å². The van der Waals surface area contributed by atoms with Crippen molar-refractivity contribution < 1.29 is 9.59 Å². The van der Waals surface area contributed by atoms with Crippen LogP contribution in [0.3, 0.4) is 0 Å². The minimum atomic E-state index is -0.961. The van der Waals surface area contributed by atoms with Crippen molar-refractivity contribution in [2.75, 3.05) is 5.88 Å². The SMILES string of the molecule is CC(=O)C(Cl)Cl.O=C(CCl)C(Cl)Cl. The van der Waals surface area contributed by atoms with Gasteiger partial charge in [0.05, 0.1) is 5.88 Å². The van der Waals surface area contributed by atoms with E-state index in [1.54, 1.807) is 0 Å². The summed E-state index contributed by atoms with van der Waals surface area (Å²) in [7, 11) is 0. The van der Waals surface area contributed by atoms with Crippen molar-refractivity contribution in [3.8, 4) is 0 Å². The molecule has 0 aromatic carbocycles. The summed E-state index contributed by atoms with van der Waals surface area (Å²) in [5.74, 6) is -0.680. The second-order valence-corrected chi connectivity index (χ2v) is 4.27. The largest absolute Gasteiger partial charge is 0.297 e. The number of carbonyl (C=O) groups excluding carboxylic acids is 2. The van der Waals surface area contributed by atoms with Crippen molar-refractivity contribution in [2.45, 2.75) is 16.6 Å². The van der Waals surface area contributed by atoms with Gasteiger partial charge in [-0.15, -0.1) is 11.6 Å². The normalized spacial score (nSPS) is 9.54. The average molecular weight is 288 g/mol. The lowest BCUT2D eigenvalue weighted by Gasteiger charge is -1.89. The van der Waals surface area contributed by atoms with Crippen LogP contribution in [0.5, 0.6) is 0 Å². The Labute approximate surface area is 101 Å². The van der Waals surface area contributed by atoms with Crippen LogP contribution in [0.4, 0.5) is 0 Å². The van der Waals surface area contributed by atoms with E-state index in [-0.39, 0.29) is 17.4 Å². The van der Waals surface area contributed by atoms with E-state index in [1.807, 2.05) is 0 Å². The van der Waals surface area contributed by atoms with E-state index in [2.05, 4.69) is 0 Å². The summed E-state index contributed by atoms with van der Waals surface area (Å²) >= 11 is 25.2. The Morgan fingerprint density at radius 2 is 1.38 bits per heavy atom. The monoisotopic (exact) mass is 286 g/mol. The number of alkyl halides is 5. The fraction of sp³-hybridized carbons (Fsp3) is 0.667. The molecule has 0 rings (SSSR count). The first-order valence-electron chi connectivity index (χ1n) is 2.98. The summed E-state index contributed by atoms with van der Waals surface area (Å²) < 4.78 is 0. The van der Waals surface area contributed by atoms with Gasteiger partial charge in [0.2, 0.25) is 0 Å². The zero-order valence-electron chi connectivity index (χ0n) is 6.57. The molecule has 0 aromatic rings. The van der Waals surface area contributed by atoms with Gasteiger partial charge in [-0.25, -0.2) is 0 Å². The summed E-state index contributed by atoms with van der Waals surface area (Å²) in [6.07, 6.45) is 0. The first-order chi connectivity index (χ1) is 5.82. The van der Waals surface area contributed by atoms with Gasteiger partial charge in [-0.3, -0.25) is 9.59 Å². The molecule has 0 aromatic heterocycles. The molecular weight excluding hydrogens is 281 g/mol. The minimum absolute atomic E-state index is 0.113. The highest BCUT2D eigenvalue weighted by Gasteiger charge is 2.07. The smallest absolute Gasteiger partial charge is 0.180 e. The first-order valence-corrected chi connectivity index (χ1v) is 5.26. The number of hydrogen-bond acceptors (Lipinski definition) is 2. The van der Waals surface area contributed by atoms with E-state index in [1.165, 1.54) is 6.92 Å². The maximum absolute atomic E-state index is 10.1. The molecule has 0 bridgehead atoms. The molecule has 0 atom stereocenters. The third-order valence-electron chi connectivity index (χ3n) is 0.682. The van der Waals surface area contributed by atoms with Crippen molar-refractivity contribution >= 4 is 69.6 Å². The number of Topliss-reactive ketones (excluding diaryl/α,β-unsaturated/α-hetero) is 2. The van der Waals surface area contributed by atoms with Crippen LogP contribution in [0.15, 0.2) is 0 Å². The van der Waals surface area contributed by atoms with Gasteiger partial charge in [-0.1, -0.05) is 46.4 Å². The zero-order chi connectivity index (χ0) is 11.0. The van der Waals surface area contributed by atoms with Gasteiger partial charge in [0, 0.05) is 0 Å². The van der Waals surface area contributed by atoms with Gasteiger partial charge in [-0.05, 0) is 6.92 Å². The Hall–Kier alpha value is 0.790. The standard InChI is InChI=1S/C3H3Cl3O.C3H4Cl2O/c4-1-2(7)3(5)6;1-2(6)3(4)5/h3H,1H2;3H,1H3. The number of ketones is 2. The Morgan fingerprint density at radius 1 is 1.08 bits per heavy atom. The average Bonchev–Trinajstić information content (AvgIpc) is 2.03. The molecule has 2 nitrogen and oxygen atoms in total. The number of carbonyl (C=O) groups is 2. The maximum atomic E-state index is 10.1. The second-order valence-electron chi connectivity index (χ2n) is 1.81. The van der Waals surface area contributed by atoms with E-state index < -0.39 is 9.67 Å². The van der Waals surface area contributed by atoms with E-state index in [0.717, 1.165) is 0 Å². The third kappa shape index (κ3) is 12.8. The van der Waals surface area contributed by atoms with Crippen LogP contribution in [0, 0.1) is 0 Å². The fourth-order valence-corrected chi connectivity index (χ4v) is 0.525. The molecule has 0 heterocycles. The van der Waals surface area contributed by atoms with Crippen LogP contribution in [-0.4, -0.2) is 27.1 Å². The van der Waals surface area contributed by atoms with Crippen LogP contribution in [0.25, 0.3) is 0 Å². The predicted molar refractivity (Wildman–Crippen MR) is 57.4 cm³/mol. The Balaban J connectivity index is 0. The van der Waals surface area contributed by atoms with E-state index >= 15 is 0 Å². The van der Waals surface area contributed by atoms with Crippen LogP contribution in [-0.2, 0) is 9.59 Å². The lowest BCUT2D eigenvalue weighted by Crippen LogP contribution is -2.07. The number of rotatable bonds is 3. The van der Waals surface area contributed by atoms with Gasteiger partial charge >= 0.3 is 0 Å². The van der Waals surface area contributed by atoms with Crippen molar-refractivity contribution in [3.63, 3.8) is 0 Å². The molecule has 0 unspecified atom stereocenters. The van der Waals surface area contributed by atoms with Crippen molar-refractivity contribution in [1.29, 1.82) is 0 Å². The fourth-order valence-electron chi connectivity index (χ4n) is 0.0583. The first kappa shape index (κ1) is 16.2. The maximum Gasteiger partial charge on any atom is 0.180 e. The summed E-state index contributed by atoms with van der Waals surface area (Å²) in [5, 5.41) is 0. The molecule has 0 amide bonds. The predicted octanol–water partition coefficient (Wildman–Crippen LogP) is 2.98. The highest BCUT2D eigenvalue weighted by molar-refractivity contribution is 6.56. The van der Waals surface area contributed by atoms with Gasteiger partial charge in [0.1, 0.15) is 0 Å². The Bertz CT molecular complexity index is 168. The van der Waals surface area contributed by atoms with Gasteiger partial charge < -0.3 is 0 Å². The molecule has 0 radical (unpaired) electrons. The highest BCUT2D eigenvalue weighted by atomic mass is 35.5. The van der Waals surface area contributed by atoms with Gasteiger partial charge in [0.25, 0.3) is 0 Å².